The molecule has 0 bridgehead atoms. The van der Waals surface area contributed by atoms with Gasteiger partial charge in [0.1, 0.15) is 11.2 Å². The van der Waals surface area contributed by atoms with E-state index in [-0.39, 0.29) is 151 Å². The first-order valence-electron chi connectivity index (χ1n) is 26.4. The lowest BCUT2D eigenvalue weighted by Crippen LogP contribution is -1.97. The summed E-state index contributed by atoms with van der Waals surface area (Å²) in [7, 11) is 0. The summed E-state index contributed by atoms with van der Waals surface area (Å²) >= 11 is 0. The first-order chi connectivity index (χ1) is 33.2. The summed E-state index contributed by atoms with van der Waals surface area (Å²) in [5.41, 5.74) is 2.29. The molecule has 0 atom stereocenters. The minimum absolute atomic E-state index is 0.0408. The van der Waals surface area contributed by atoms with Crippen molar-refractivity contribution in [3.63, 3.8) is 0 Å². The van der Waals surface area contributed by atoms with E-state index < -0.39 is 72.5 Å². The molecule has 1 nitrogen and oxygen atoms in total. The van der Waals surface area contributed by atoms with E-state index >= 15 is 0 Å². The Morgan fingerprint density at radius 3 is 2.02 bits per heavy atom. The van der Waals surface area contributed by atoms with E-state index in [2.05, 4.69) is 0 Å². The molecule has 256 valence electrons. The van der Waals surface area contributed by atoms with E-state index in [1.54, 1.807) is 41.5 Å². The van der Waals surface area contributed by atoms with Gasteiger partial charge in [0.2, 0.25) is 0 Å². The number of furan rings is 1. The third-order valence-electron chi connectivity index (χ3n) is 10.8. The fourth-order valence-electron chi connectivity index (χ4n) is 8.10. The second-order valence-corrected chi connectivity index (χ2v) is 14.0. The van der Waals surface area contributed by atoms with Gasteiger partial charge in [-0.15, -0.1) is 0 Å². The van der Waals surface area contributed by atoms with Crippen LogP contribution >= 0.6 is 0 Å². The fraction of sp³-hybridized carbons (Fsp3) is 0.154. The fourth-order valence-corrected chi connectivity index (χ4v) is 8.10. The second-order valence-electron chi connectivity index (χ2n) is 14.0. The van der Waals surface area contributed by atoms with Crippen LogP contribution in [0, 0.1) is 55.4 Å². The van der Waals surface area contributed by atoms with Crippen molar-refractivity contribution in [2.45, 2.75) is 55.4 Å². The molecular weight excluding hydrogens is 641 g/mol. The normalized spacial score (nSPS) is 16.9. The van der Waals surface area contributed by atoms with Gasteiger partial charge >= 0.3 is 0 Å². The van der Waals surface area contributed by atoms with Crippen LogP contribution in [0.5, 0.6) is 0 Å². The van der Waals surface area contributed by atoms with Gasteiger partial charge in [0.25, 0.3) is 0 Å². The van der Waals surface area contributed by atoms with Crippen LogP contribution in [0.3, 0.4) is 0 Å². The van der Waals surface area contributed by atoms with Gasteiger partial charge in [-0.3, -0.25) is 0 Å². The average molecular weight is 701 g/mol. The maximum Gasteiger partial charge on any atom is 0.139 e. The van der Waals surface area contributed by atoms with Crippen LogP contribution in [-0.4, -0.2) is 0 Å². The van der Waals surface area contributed by atoms with Gasteiger partial charge in [-0.05, 0) is 171 Å². The maximum atomic E-state index is 10.1. The molecule has 0 fully saturated rings. The van der Waals surface area contributed by atoms with E-state index in [4.69, 9.17) is 11.3 Å². The van der Waals surface area contributed by atoms with Crippen molar-refractivity contribution in [3.05, 3.63) is 153 Å². The summed E-state index contributed by atoms with van der Waals surface area (Å²) in [6, 6.07) is -7.48. The molecular formula is C52H42O. The number of hydrogen-bond acceptors (Lipinski definition) is 1. The second kappa shape index (κ2) is 11.3. The molecule has 1 heterocycles. The summed E-state index contributed by atoms with van der Waals surface area (Å²) in [5, 5.41) is -0.106. The lowest BCUT2D eigenvalue weighted by Gasteiger charge is -2.23. The van der Waals surface area contributed by atoms with E-state index in [0.717, 1.165) is 0 Å². The van der Waals surface area contributed by atoms with Crippen molar-refractivity contribution in [1.29, 1.82) is 0 Å². The summed E-state index contributed by atoms with van der Waals surface area (Å²) < 4.78 is 175. The molecule has 0 aliphatic carbocycles. The van der Waals surface area contributed by atoms with Gasteiger partial charge in [0.15, 0.2) is 0 Å². The van der Waals surface area contributed by atoms with Gasteiger partial charge in [-0.25, -0.2) is 0 Å². The van der Waals surface area contributed by atoms with Crippen molar-refractivity contribution in [3.8, 4) is 22.3 Å². The molecule has 0 amide bonds. The predicted octanol–water partition coefficient (Wildman–Crippen LogP) is 15.2. The van der Waals surface area contributed by atoms with Gasteiger partial charge in [-0.1, -0.05) is 114 Å². The highest BCUT2D eigenvalue weighted by molar-refractivity contribution is 6.30. The van der Waals surface area contributed by atoms with Crippen molar-refractivity contribution >= 4 is 75.8 Å². The van der Waals surface area contributed by atoms with Crippen LogP contribution in [0.15, 0.2) is 113 Å². The van der Waals surface area contributed by atoms with E-state index in [1.807, 2.05) is 0 Å². The molecule has 0 unspecified atom stereocenters. The molecule has 1 heteroatoms. The Hall–Kier alpha value is -5.92. The Morgan fingerprint density at radius 1 is 0.396 bits per heavy atom. The Morgan fingerprint density at radius 2 is 1.17 bits per heavy atom. The van der Waals surface area contributed by atoms with Gasteiger partial charge in [0, 0.05) is 10.8 Å². The third-order valence-corrected chi connectivity index (χ3v) is 10.8. The summed E-state index contributed by atoms with van der Waals surface area (Å²) in [4.78, 5) is 0. The molecule has 10 rings (SSSR count). The Kier molecular flexibility index (Phi) is 3.88. The number of fused-ring (bicyclic) bond motifs is 9. The first kappa shape index (κ1) is 18.2. The largest absolute Gasteiger partial charge is 0.456 e. The molecule has 9 aromatic carbocycles. The molecule has 0 radical (unpaired) electrons. The predicted molar refractivity (Wildman–Crippen MR) is 230 cm³/mol. The van der Waals surface area contributed by atoms with Crippen LogP contribution in [-0.2, 0) is 0 Å². The molecule has 0 saturated carbocycles. The number of aryl methyl sites for hydroxylation is 4. The highest BCUT2D eigenvalue weighted by Crippen LogP contribution is 2.51. The molecule has 0 N–H and O–H groups in total. The standard InChI is InChI=1S/C52H42O/c1-27-16-20-39-42(24-27)50(43-25-30(4)33(7)52-51(43)47-34(8)38-14-10-9-12-36(38)26-44(47)53-52)46-32(6)29(3)17-21-41(46)49(39)40-15-11-13-35-18-19-37-23-28(2)22-31(5)45(37)48(35)40/h9-26H,1-8H3/i9D,10D,11D,12D,13D,14D,15D,16D,17D,18D,19D,20D,21D,22D,23D,24D,25D,26D. The third kappa shape index (κ3) is 4.44. The molecule has 10 aromatic rings. The monoisotopic (exact) mass is 700 g/mol. The molecule has 0 saturated heterocycles. The lowest BCUT2D eigenvalue weighted by atomic mass is 9.80. The van der Waals surface area contributed by atoms with E-state index in [9.17, 15) is 17.8 Å². The van der Waals surface area contributed by atoms with Crippen molar-refractivity contribution in [2.75, 3.05) is 0 Å². The summed E-state index contributed by atoms with van der Waals surface area (Å²) in [6.07, 6.45) is 0. The minimum Gasteiger partial charge on any atom is -0.456 e. The average Bonchev–Trinajstić information content (AvgIpc) is 3.75. The number of rotatable bonds is 2. The zero-order valence-corrected chi connectivity index (χ0v) is 30.4. The summed E-state index contributed by atoms with van der Waals surface area (Å²) in [5.74, 6) is 0. The molecule has 0 spiro atoms. The highest BCUT2D eigenvalue weighted by Gasteiger charge is 2.26. The molecule has 53 heavy (non-hydrogen) atoms. The Labute approximate surface area is 335 Å². The van der Waals surface area contributed by atoms with Crippen molar-refractivity contribution in [2.24, 2.45) is 0 Å². The minimum atomic E-state index is -0.689. The topological polar surface area (TPSA) is 13.1 Å². The van der Waals surface area contributed by atoms with Gasteiger partial charge < -0.3 is 4.42 Å². The molecule has 0 aliphatic heterocycles. The van der Waals surface area contributed by atoms with Crippen LogP contribution in [0.25, 0.3) is 98.1 Å². The quantitative estimate of drug-likeness (QED) is 0.129. The van der Waals surface area contributed by atoms with Crippen LogP contribution < -0.4 is 0 Å². The maximum absolute atomic E-state index is 10.1. The van der Waals surface area contributed by atoms with Crippen molar-refractivity contribution in [1.82, 2.24) is 0 Å². The zero-order chi connectivity index (χ0) is 52.1. The van der Waals surface area contributed by atoms with E-state index in [1.165, 1.54) is 13.8 Å². The summed E-state index contributed by atoms with van der Waals surface area (Å²) in [6.45, 7) is 13.0. The zero-order valence-electron chi connectivity index (χ0n) is 48.4. The van der Waals surface area contributed by atoms with Crippen molar-refractivity contribution < 1.29 is 29.1 Å². The van der Waals surface area contributed by atoms with E-state index in [0.29, 0.717) is 27.8 Å². The van der Waals surface area contributed by atoms with Gasteiger partial charge in [0.05, 0.1) is 24.7 Å². The molecule has 1 aromatic heterocycles. The SMILES string of the molecule is [2H]c1c([2H])c([2H])c2c(C)c3c(oc4c(C)c(C)c([2H])c(-c5c6c([2H])c(C)c([2H])c([2H])c6c(-c6c([2H])c([2H])c([2H])c7c([2H])c([2H])c8c([2H])c(C)c([2H])c(C)c8c67)c6c([2H])c([2H])c(C)c(C)c56)c43)c([2H])c2c1[2H]. The lowest BCUT2D eigenvalue weighted by molar-refractivity contribution is 0.666. The number of hydrogen-bond donors (Lipinski definition) is 0. The number of benzene rings is 9. The Bertz CT molecular complexity index is 4200. The van der Waals surface area contributed by atoms with Crippen LogP contribution in [0.4, 0.5) is 0 Å². The van der Waals surface area contributed by atoms with Crippen LogP contribution in [0.1, 0.15) is 69.2 Å². The highest BCUT2D eigenvalue weighted by atomic mass is 16.3. The smallest absolute Gasteiger partial charge is 0.139 e. The molecule has 0 aliphatic rings. The van der Waals surface area contributed by atoms with Crippen LogP contribution in [0.2, 0.25) is 0 Å². The Balaban J connectivity index is 1.62. The van der Waals surface area contributed by atoms with Gasteiger partial charge in [-0.2, -0.15) is 0 Å². The first-order valence-corrected chi connectivity index (χ1v) is 17.4.